The first-order valence-corrected chi connectivity index (χ1v) is 9.10. The Bertz CT molecular complexity index is 474. The number of ether oxygens (including phenoxy) is 1. The molecule has 1 saturated heterocycles. The Kier molecular flexibility index (Phi) is 5.03. The summed E-state index contributed by atoms with van der Waals surface area (Å²) in [6.07, 6.45) is 6.67. The van der Waals surface area contributed by atoms with E-state index in [9.17, 15) is 0 Å². The molecular weight excluding hydrogens is 326 g/mol. The van der Waals surface area contributed by atoms with Gasteiger partial charge in [0, 0.05) is 23.0 Å². The number of hydrogen-bond donors (Lipinski definition) is 1. The second kappa shape index (κ2) is 6.80. The van der Waals surface area contributed by atoms with Crippen molar-refractivity contribution in [1.82, 2.24) is 5.32 Å². The van der Waals surface area contributed by atoms with Gasteiger partial charge in [-0.15, -0.1) is 0 Å². The molecule has 1 aromatic rings. The van der Waals surface area contributed by atoms with Crippen molar-refractivity contribution >= 4 is 15.9 Å². The van der Waals surface area contributed by atoms with Crippen molar-refractivity contribution in [3.8, 4) is 0 Å². The van der Waals surface area contributed by atoms with Gasteiger partial charge in [0.15, 0.2) is 0 Å². The van der Waals surface area contributed by atoms with Crippen LogP contribution in [0.15, 0.2) is 28.7 Å². The van der Waals surface area contributed by atoms with Gasteiger partial charge in [-0.25, -0.2) is 0 Å². The maximum absolute atomic E-state index is 6.18. The summed E-state index contributed by atoms with van der Waals surface area (Å²) in [6.45, 7) is 5.36. The van der Waals surface area contributed by atoms with Crippen molar-refractivity contribution in [2.75, 3.05) is 19.7 Å². The lowest BCUT2D eigenvalue weighted by Gasteiger charge is -2.35. The van der Waals surface area contributed by atoms with Crippen LogP contribution in [-0.4, -0.2) is 25.8 Å². The largest absolute Gasteiger partial charge is 0.377 e. The summed E-state index contributed by atoms with van der Waals surface area (Å²) in [5, 5.41) is 3.67. The monoisotopic (exact) mass is 351 g/mol. The molecule has 0 spiro atoms. The number of halogens is 1. The summed E-state index contributed by atoms with van der Waals surface area (Å²) in [7, 11) is 0. The molecule has 2 unspecified atom stereocenters. The van der Waals surface area contributed by atoms with Crippen LogP contribution in [0.4, 0.5) is 0 Å². The Labute approximate surface area is 136 Å². The molecule has 21 heavy (non-hydrogen) atoms. The lowest BCUT2D eigenvalue weighted by molar-refractivity contribution is 0.0306. The lowest BCUT2D eigenvalue weighted by atomic mass is 9.74. The van der Waals surface area contributed by atoms with Crippen LogP contribution >= 0.6 is 15.9 Å². The predicted octanol–water partition coefficient (Wildman–Crippen LogP) is 4.18. The summed E-state index contributed by atoms with van der Waals surface area (Å²) in [5.41, 5.74) is 1.70. The van der Waals surface area contributed by atoms with E-state index in [4.69, 9.17) is 4.74 Å². The van der Waals surface area contributed by atoms with Gasteiger partial charge in [-0.3, -0.25) is 0 Å². The van der Waals surface area contributed by atoms with Crippen molar-refractivity contribution in [3.63, 3.8) is 0 Å². The van der Waals surface area contributed by atoms with E-state index in [1.165, 1.54) is 35.7 Å². The van der Waals surface area contributed by atoms with Crippen molar-refractivity contribution < 1.29 is 4.74 Å². The van der Waals surface area contributed by atoms with Gasteiger partial charge >= 0.3 is 0 Å². The van der Waals surface area contributed by atoms with Crippen molar-refractivity contribution in [2.24, 2.45) is 11.3 Å². The topological polar surface area (TPSA) is 21.3 Å². The van der Waals surface area contributed by atoms with Gasteiger partial charge in [0.05, 0.1) is 6.10 Å². The zero-order valence-corrected chi connectivity index (χ0v) is 14.5. The van der Waals surface area contributed by atoms with Gasteiger partial charge < -0.3 is 10.1 Å². The fraction of sp³-hybridized carbons (Fsp3) is 0.667. The van der Waals surface area contributed by atoms with Gasteiger partial charge in [-0.1, -0.05) is 41.1 Å². The fourth-order valence-corrected chi connectivity index (χ4v) is 4.14. The molecule has 2 fully saturated rings. The third kappa shape index (κ3) is 3.52. The van der Waals surface area contributed by atoms with Crippen LogP contribution in [0, 0.1) is 11.3 Å². The van der Waals surface area contributed by atoms with Crippen LogP contribution in [0.5, 0.6) is 0 Å². The number of rotatable bonds is 7. The van der Waals surface area contributed by atoms with Crippen LogP contribution in [0.25, 0.3) is 0 Å². The van der Waals surface area contributed by atoms with Crippen molar-refractivity contribution in [3.05, 3.63) is 34.3 Å². The first-order chi connectivity index (χ1) is 10.2. The zero-order valence-electron chi connectivity index (χ0n) is 12.9. The minimum Gasteiger partial charge on any atom is -0.377 e. The van der Waals surface area contributed by atoms with Crippen molar-refractivity contribution in [2.45, 2.75) is 45.1 Å². The molecule has 3 heteroatoms. The summed E-state index contributed by atoms with van der Waals surface area (Å²) in [4.78, 5) is 0. The summed E-state index contributed by atoms with van der Waals surface area (Å²) in [6, 6.07) is 8.66. The molecule has 0 radical (unpaired) electrons. The SMILES string of the molecule is CCCNCC1(Cc2ccccc2Br)CCOC1C1CC1. The Morgan fingerprint density at radius 1 is 1.33 bits per heavy atom. The average Bonchev–Trinajstić information content (AvgIpc) is 3.24. The van der Waals surface area contributed by atoms with E-state index in [2.05, 4.69) is 52.4 Å². The van der Waals surface area contributed by atoms with E-state index in [0.717, 1.165) is 32.0 Å². The molecule has 2 aliphatic rings. The van der Waals surface area contributed by atoms with E-state index in [1.54, 1.807) is 0 Å². The number of hydrogen-bond acceptors (Lipinski definition) is 2. The van der Waals surface area contributed by atoms with Gasteiger partial charge in [0.25, 0.3) is 0 Å². The van der Waals surface area contributed by atoms with Crippen LogP contribution < -0.4 is 5.32 Å². The van der Waals surface area contributed by atoms with Gasteiger partial charge in [-0.05, 0) is 56.2 Å². The first kappa shape index (κ1) is 15.5. The van der Waals surface area contributed by atoms with E-state index >= 15 is 0 Å². The summed E-state index contributed by atoms with van der Waals surface area (Å²) >= 11 is 3.72. The molecule has 3 rings (SSSR count). The molecule has 2 nitrogen and oxygen atoms in total. The molecule has 0 amide bonds. The summed E-state index contributed by atoms with van der Waals surface area (Å²) < 4.78 is 7.42. The highest BCUT2D eigenvalue weighted by atomic mass is 79.9. The third-order valence-corrected chi connectivity index (χ3v) is 5.73. The van der Waals surface area contributed by atoms with Crippen LogP contribution in [0.2, 0.25) is 0 Å². The maximum Gasteiger partial charge on any atom is 0.0675 e. The second-order valence-corrected chi connectivity index (χ2v) is 7.54. The van der Waals surface area contributed by atoms with Crippen LogP contribution in [0.3, 0.4) is 0 Å². The lowest BCUT2D eigenvalue weighted by Crippen LogP contribution is -2.43. The van der Waals surface area contributed by atoms with E-state index < -0.39 is 0 Å². The fourth-order valence-electron chi connectivity index (χ4n) is 3.72. The number of nitrogens with one attached hydrogen (secondary N) is 1. The smallest absolute Gasteiger partial charge is 0.0675 e. The van der Waals surface area contributed by atoms with Crippen molar-refractivity contribution in [1.29, 1.82) is 0 Å². The molecule has 2 atom stereocenters. The van der Waals surface area contributed by atoms with Crippen LogP contribution in [-0.2, 0) is 11.2 Å². The molecule has 1 aliphatic carbocycles. The molecule has 1 aromatic carbocycles. The second-order valence-electron chi connectivity index (χ2n) is 6.69. The van der Waals surface area contributed by atoms with Gasteiger partial charge in [0.2, 0.25) is 0 Å². The van der Waals surface area contributed by atoms with Gasteiger partial charge in [-0.2, -0.15) is 0 Å². The highest BCUT2D eigenvalue weighted by molar-refractivity contribution is 9.10. The molecular formula is C18H26BrNO. The Balaban J connectivity index is 1.79. The summed E-state index contributed by atoms with van der Waals surface area (Å²) in [5.74, 6) is 0.804. The minimum absolute atomic E-state index is 0.278. The third-order valence-electron chi connectivity index (χ3n) is 4.96. The molecule has 1 N–H and O–H groups in total. The molecule has 0 bridgehead atoms. The Morgan fingerprint density at radius 3 is 2.86 bits per heavy atom. The van der Waals surface area contributed by atoms with Gasteiger partial charge in [0.1, 0.15) is 0 Å². The molecule has 0 aromatic heterocycles. The van der Waals surface area contributed by atoms with E-state index in [0.29, 0.717) is 6.10 Å². The highest BCUT2D eigenvalue weighted by Gasteiger charge is 2.50. The molecule has 1 heterocycles. The van der Waals surface area contributed by atoms with E-state index in [-0.39, 0.29) is 5.41 Å². The van der Waals surface area contributed by atoms with E-state index in [1.807, 2.05) is 0 Å². The standard InChI is InChI=1S/C18H26BrNO/c1-2-10-20-13-18(9-11-21-17(18)14-7-8-14)12-15-5-3-4-6-16(15)19/h3-6,14,17,20H,2,7-13H2,1H3. The minimum atomic E-state index is 0.278. The Hall–Kier alpha value is -0.380. The maximum atomic E-state index is 6.18. The molecule has 116 valence electrons. The zero-order chi connectivity index (χ0) is 14.7. The quantitative estimate of drug-likeness (QED) is 0.744. The Morgan fingerprint density at radius 2 is 2.14 bits per heavy atom. The van der Waals surface area contributed by atoms with Crippen LogP contribution in [0.1, 0.15) is 38.2 Å². The normalized spacial score (nSPS) is 29.0. The molecule has 1 saturated carbocycles. The molecule has 1 aliphatic heterocycles. The first-order valence-electron chi connectivity index (χ1n) is 8.31. The number of benzene rings is 1. The highest BCUT2D eigenvalue weighted by Crippen LogP contribution is 2.49. The average molecular weight is 352 g/mol. The predicted molar refractivity (Wildman–Crippen MR) is 90.5 cm³/mol.